The fourth-order valence-corrected chi connectivity index (χ4v) is 7.13. The van der Waals surface area contributed by atoms with Crippen LogP contribution in [0.25, 0.3) is 0 Å². The van der Waals surface area contributed by atoms with Gasteiger partial charge in [0.25, 0.3) is 0 Å². The van der Waals surface area contributed by atoms with Crippen LogP contribution in [0.15, 0.2) is 23.2 Å². The van der Waals surface area contributed by atoms with Gasteiger partial charge in [-0.25, -0.2) is 8.42 Å². The number of sulfone groups is 1. The predicted octanol–water partition coefficient (Wildman–Crippen LogP) is 1.17. The molecule has 2 heterocycles. The molecular weight excluding hydrogens is 408 g/mol. The zero-order valence-electron chi connectivity index (χ0n) is 15.3. The number of rotatable bonds is 6. The van der Waals surface area contributed by atoms with Crippen molar-refractivity contribution < 1.29 is 32.6 Å². The van der Waals surface area contributed by atoms with Gasteiger partial charge in [-0.3, -0.25) is 9.59 Å². The second kappa shape index (κ2) is 8.00. The summed E-state index contributed by atoms with van der Waals surface area (Å²) in [4.78, 5) is 28.6. The van der Waals surface area contributed by atoms with Gasteiger partial charge in [-0.1, -0.05) is 11.8 Å². The number of methoxy groups -OCH3 is 2. The Morgan fingerprint density at radius 2 is 2.00 bits per heavy atom. The molecule has 152 valence electrons. The van der Waals surface area contributed by atoms with E-state index in [-0.39, 0.29) is 29.6 Å². The summed E-state index contributed by atoms with van der Waals surface area (Å²) in [5.41, 5.74) is 0.545. The first kappa shape index (κ1) is 20.5. The molecule has 2 fully saturated rings. The molecule has 2 atom stereocenters. The Kier molecular flexibility index (Phi) is 5.84. The first-order chi connectivity index (χ1) is 13.2. The van der Waals surface area contributed by atoms with E-state index in [1.54, 1.807) is 23.1 Å². The van der Waals surface area contributed by atoms with Crippen LogP contribution in [0.1, 0.15) is 12.8 Å². The highest BCUT2D eigenvalue weighted by atomic mass is 32.2. The van der Waals surface area contributed by atoms with E-state index in [0.717, 1.165) is 0 Å². The van der Waals surface area contributed by atoms with Gasteiger partial charge in [-0.15, -0.1) is 0 Å². The molecule has 28 heavy (non-hydrogen) atoms. The van der Waals surface area contributed by atoms with Gasteiger partial charge in [0.2, 0.25) is 5.91 Å². The lowest BCUT2D eigenvalue weighted by atomic mass is 10.2. The van der Waals surface area contributed by atoms with Crippen molar-refractivity contribution in [2.45, 2.75) is 24.1 Å². The highest BCUT2D eigenvalue weighted by Crippen LogP contribution is 2.44. The van der Waals surface area contributed by atoms with Crippen molar-refractivity contribution >= 4 is 44.3 Å². The molecule has 0 aliphatic carbocycles. The molecule has 2 saturated heterocycles. The fraction of sp³-hybridized carbons (Fsp3) is 0.471. The monoisotopic (exact) mass is 428 g/mol. The molecule has 1 amide bonds. The molecule has 2 aliphatic rings. The molecular formula is C17H20N2O7S2. The molecule has 0 spiro atoms. The highest BCUT2D eigenvalue weighted by Gasteiger charge is 2.50. The average Bonchev–Trinajstić information content (AvgIpc) is 3.10. The van der Waals surface area contributed by atoms with Crippen molar-refractivity contribution in [2.75, 3.05) is 30.6 Å². The quantitative estimate of drug-likeness (QED) is 0.711. The van der Waals surface area contributed by atoms with E-state index in [9.17, 15) is 18.0 Å². The fourth-order valence-electron chi connectivity index (χ4n) is 3.21. The summed E-state index contributed by atoms with van der Waals surface area (Å²) < 4.78 is 35.0. The van der Waals surface area contributed by atoms with Crippen LogP contribution in [-0.2, 0) is 19.4 Å². The molecule has 1 aromatic rings. The summed E-state index contributed by atoms with van der Waals surface area (Å²) in [7, 11) is -0.203. The van der Waals surface area contributed by atoms with Gasteiger partial charge >= 0.3 is 5.97 Å². The summed E-state index contributed by atoms with van der Waals surface area (Å²) in [5, 5.41) is 8.82. The van der Waals surface area contributed by atoms with Crippen LogP contribution in [0.5, 0.6) is 11.5 Å². The zero-order valence-corrected chi connectivity index (χ0v) is 17.0. The maximum Gasteiger partial charge on any atom is 0.303 e. The minimum atomic E-state index is -3.21. The smallest absolute Gasteiger partial charge is 0.303 e. The normalized spacial score (nSPS) is 24.2. The second-order valence-corrected chi connectivity index (χ2v) is 9.75. The number of carboxylic acids is 1. The number of hydrogen-bond acceptors (Lipinski definition) is 7. The van der Waals surface area contributed by atoms with E-state index in [1.807, 2.05) is 0 Å². The third kappa shape index (κ3) is 4.25. The topological polar surface area (TPSA) is 123 Å². The number of amides is 1. The molecule has 9 nitrogen and oxygen atoms in total. The van der Waals surface area contributed by atoms with E-state index >= 15 is 0 Å². The Balaban J connectivity index is 2.02. The predicted molar refractivity (Wildman–Crippen MR) is 105 cm³/mol. The van der Waals surface area contributed by atoms with Crippen LogP contribution in [0.2, 0.25) is 0 Å². The maximum atomic E-state index is 12.1. The van der Waals surface area contributed by atoms with Gasteiger partial charge in [0.1, 0.15) is 11.5 Å². The number of thioether (sulfide) groups is 1. The molecule has 0 aromatic heterocycles. The Labute approximate surface area is 166 Å². The largest absolute Gasteiger partial charge is 0.497 e. The lowest BCUT2D eigenvalue weighted by Crippen LogP contribution is -2.38. The van der Waals surface area contributed by atoms with E-state index in [2.05, 4.69) is 4.99 Å². The molecule has 1 N–H and O–H groups in total. The summed E-state index contributed by atoms with van der Waals surface area (Å²) in [6.07, 6.45) is -0.542. The van der Waals surface area contributed by atoms with Crippen molar-refractivity contribution in [2.24, 2.45) is 4.99 Å². The molecule has 2 aliphatic heterocycles. The number of aliphatic imine (C=N–C) groups is 1. The standard InChI is InChI=1S/C17H20N2O7S2/c1-25-10-3-4-13(26-2)11(7-10)19-12-8-28(23,24)9-14(12)27-17(19)18-15(20)5-6-16(21)22/h3-4,7,12,14H,5-6,8-9H2,1-2H3,(H,21,22). The third-order valence-corrected chi connectivity index (χ3v) is 7.69. The minimum absolute atomic E-state index is 0.00649. The molecule has 0 bridgehead atoms. The number of carbonyl (C=O) groups excluding carboxylic acids is 1. The Hall–Kier alpha value is -2.27. The lowest BCUT2D eigenvalue weighted by Gasteiger charge is -2.26. The summed E-state index contributed by atoms with van der Waals surface area (Å²) in [5.74, 6) is -0.693. The first-order valence-corrected chi connectivity index (χ1v) is 11.2. The van der Waals surface area contributed by atoms with Gasteiger partial charge in [0, 0.05) is 17.7 Å². The maximum absolute atomic E-state index is 12.1. The van der Waals surface area contributed by atoms with Crippen LogP contribution in [0, 0.1) is 0 Å². The molecule has 0 saturated carbocycles. The minimum Gasteiger partial charge on any atom is -0.497 e. The number of ether oxygens (including phenoxy) is 2. The molecule has 2 unspecified atom stereocenters. The number of nitrogens with zero attached hydrogens (tertiary/aromatic N) is 2. The molecule has 1 aromatic carbocycles. The van der Waals surface area contributed by atoms with E-state index in [0.29, 0.717) is 22.4 Å². The van der Waals surface area contributed by atoms with Crippen LogP contribution < -0.4 is 14.4 Å². The summed E-state index contributed by atoms with van der Waals surface area (Å²) >= 11 is 1.21. The van der Waals surface area contributed by atoms with Gasteiger partial charge in [-0.05, 0) is 12.1 Å². The number of anilines is 1. The second-order valence-electron chi connectivity index (χ2n) is 6.39. The van der Waals surface area contributed by atoms with Crippen LogP contribution in [0.4, 0.5) is 5.69 Å². The number of carbonyl (C=O) groups is 2. The first-order valence-electron chi connectivity index (χ1n) is 8.45. The van der Waals surface area contributed by atoms with Crippen molar-refractivity contribution in [1.82, 2.24) is 0 Å². The molecule has 3 rings (SSSR count). The molecule has 11 heteroatoms. The van der Waals surface area contributed by atoms with E-state index in [4.69, 9.17) is 14.6 Å². The van der Waals surface area contributed by atoms with E-state index in [1.165, 1.54) is 26.0 Å². The van der Waals surface area contributed by atoms with Gasteiger partial charge in [0.15, 0.2) is 15.0 Å². The van der Waals surface area contributed by atoms with Crippen LogP contribution in [0.3, 0.4) is 0 Å². The van der Waals surface area contributed by atoms with Crippen molar-refractivity contribution in [1.29, 1.82) is 0 Å². The molecule has 0 radical (unpaired) electrons. The Morgan fingerprint density at radius 1 is 1.25 bits per heavy atom. The number of benzene rings is 1. The SMILES string of the molecule is COc1ccc(OC)c(N2C(=NC(=O)CCC(=O)O)SC3CS(=O)(=O)CC32)c1. The zero-order chi connectivity index (χ0) is 20.5. The van der Waals surface area contributed by atoms with Crippen LogP contribution >= 0.6 is 11.8 Å². The van der Waals surface area contributed by atoms with Gasteiger partial charge in [-0.2, -0.15) is 4.99 Å². The van der Waals surface area contributed by atoms with E-state index < -0.39 is 27.8 Å². The van der Waals surface area contributed by atoms with Crippen LogP contribution in [-0.4, -0.2) is 67.6 Å². The average molecular weight is 428 g/mol. The Bertz CT molecular complexity index is 929. The van der Waals surface area contributed by atoms with Gasteiger partial charge in [0.05, 0.1) is 43.9 Å². The number of amidine groups is 1. The summed E-state index contributed by atoms with van der Waals surface area (Å²) in [6, 6.07) is 4.70. The highest BCUT2D eigenvalue weighted by molar-refractivity contribution is 8.16. The number of hydrogen-bond donors (Lipinski definition) is 1. The number of fused-ring (bicyclic) bond motifs is 1. The van der Waals surface area contributed by atoms with Gasteiger partial charge < -0.3 is 19.5 Å². The number of aliphatic carboxylic acids is 1. The number of carboxylic acid groups (broad SMARTS) is 1. The third-order valence-electron chi connectivity index (χ3n) is 4.49. The Morgan fingerprint density at radius 3 is 2.64 bits per heavy atom. The van der Waals surface area contributed by atoms with Crippen molar-refractivity contribution in [3.63, 3.8) is 0 Å². The van der Waals surface area contributed by atoms with Crippen molar-refractivity contribution in [3.8, 4) is 11.5 Å². The van der Waals surface area contributed by atoms with Crippen molar-refractivity contribution in [3.05, 3.63) is 18.2 Å². The lowest BCUT2D eigenvalue weighted by molar-refractivity contribution is -0.138. The summed E-state index contributed by atoms with van der Waals surface area (Å²) in [6.45, 7) is 0.